The zero-order chi connectivity index (χ0) is 46.0. The van der Waals surface area contributed by atoms with Crippen molar-refractivity contribution < 1.29 is 24.9 Å². The molecule has 6 N–H and O–H groups in total. The minimum atomic E-state index is -0.688. The summed E-state index contributed by atoms with van der Waals surface area (Å²) in [6.07, 6.45) is 16.4. The lowest BCUT2D eigenvalue weighted by Crippen LogP contribution is -2.37. The Bertz CT molecular complexity index is 2310. The lowest BCUT2D eigenvalue weighted by molar-refractivity contribution is -0.140. The van der Waals surface area contributed by atoms with Crippen molar-refractivity contribution in [3.8, 4) is 0 Å². The smallest absolute Gasteiger partial charge is 0.311 e. The normalized spacial score (nSPS) is 15.8. The van der Waals surface area contributed by atoms with E-state index in [0.717, 1.165) is 82.6 Å². The van der Waals surface area contributed by atoms with Crippen LogP contribution in [0.25, 0.3) is 0 Å². The number of hydrogen-bond acceptors (Lipinski definition) is 9. The Morgan fingerprint density at radius 1 is 0.631 bits per heavy atom. The molecule has 4 aromatic carbocycles. The van der Waals surface area contributed by atoms with E-state index in [-0.39, 0.29) is 43.0 Å². The van der Waals surface area contributed by atoms with Crippen molar-refractivity contribution in [3.63, 3.8) is 0 Å². The van der Waals surface area contributed by atoms with E-state index in [2.05, 4.69) is 51.7 Å². The van der Waals surface area contributed by atoms with E-state index >= 15 is 0 Å². The molecular formula is C52H64N6O5S2. The zero-order valence-electron chi connectivity index (χ0n) is 37.5. The number of aliphatic hydroxyl groups excluding tert-OH is 2. The number of rotatable bonds is 17. The van der Waals surface area contributed by atoms with Crippen molar-refractivity contribution in [1.29, 1.82) is 0 Å². The fourth-order valence-corrected chi connectivity index (χ4v) is 10.5. The molecule has 0 saturated heterocycles. The number of amides is 1. The van der Waals surface area contributed by atoms with Crippen molar-refractivity contribution in [1.82, 2.24) is 24.4 Å². The van der Waals surface area contributed by atoms with Crippen LogP contribution in [-0.4, -0.2) is 59.5 Å². The van der Waals surface area contributed by atoms with Gasteiger partial charge in [-0.05, 0) is 70.9 Å². The summed E-state index contributed by atoms with van der Waals surface area (Å²) in [5.41, 5.74) is 11.9. The number of aliphatic carboxylic acids is 1. The quantitative estimate of drug-likeness (QED) is 0.0556. The Morgan fingerprint density at radius 3 is 1.46 bits per heavy atom. The highest BCUT2D eigenvalue weighted by Crippen LogP contribution is 2.39. The third-order valence-corrected chi connectivity index (χ3v) is 14.6. The first-order valence-corrected chi connectivity index (χ1v) is 24.6. The van der Waals surface area contributed by atoms with Crippen molar-refractivity contribution in [2.45, 2.75) is 97.1 Å². The largest absolute Gasteiger partial charge is 0.481 e. The number of aliphatic hydroxyl groups is 2. The number of carboxylic acids is 1. The molecule has 344 valence electrons. The first-order valence-electron chi connectivity index (χ1n) is 22.6. The van der Waals surface area contributed by atoms with Crippen LogP contribution in [-0.2, 0) is 35.2 Å². The van der Waals surface area contributed by atoms with Crippen LogP contribution in [0.2, 0.25) is 0 Å². The molecule has 2 aliphatic carbocycles. The Labute approximate surface area is 392 Å². The summed E-state index contributed by atoms with van der Waals surface area (Å²) in [5.74, 6) is 1.10. The molecule has 65 heavy (non-hydrogen) atoms. The average molecular weight is 917 g/mol. The van der Waals surface area contributed by atoms with E-state index in [9.17, 15) is 19.8 Å². The van der Waals surface area contributed by atoms with Gasteiger partial charge in [0.05, 0.1) is 37.1 Å². The van der Waals surface area contributed by atoms with Crippen molar-refractivity contribution in [2.75, 3.05) is 13.2 Å². The van der Waals surface area contributed by atoms with E-state index in [1.165, 1.54) is 24.0 Å². The van der Waals surface area contributed by atoms with E-state index < -0.39 is 5.97 Å². The number of thioether (sulfide) groups is 2. The Balaban J connectivity index is 0.000000184. The number of nitrogens with zero attached hydrogens (tertiary/aromatic N) is 4. The van der Waals surface area contributed by atoms with Crippen LogP contribution in [0.5, 0.6) is 0 Å². The van der Waals surface area contributed by atoms with Crippen LogP contribution in [0.15, 0.2) is 144 Å². The maximum atomic E-state index is 13.4. The van der Waals surface area contributed by atoms with E-state index in [1.54, 1.807) is 29.7 Å². The number of hydrogen-bond donors (Lipinski definition) is 5. The number of benzene rings is 4. The van der Waals surface area contributed by atoms with E-state index in [4.69, 9.17) is 10.8 Å². The highest BCUT2D eigenvalue weighted by molar-refractivity contribution is 7.98. The molecule has 11 nitrogen and oxygen atoms in total. The molecule has 2 aliphatic rings. The number of imidazole rings is 2. The van der Waals surface area contributed by atoms with Crippen LogP contribution < -0.4 is 11.1 Å². The molecular weight excluding hydrogens is 853 g/mol. The van der Waals surface area contributed by atoms with Gasteiger partial charge in [0.1, 0.15) is 0 Å². The maximum absolute atomic E-state index is 13.4. The molecule has 2 saturated carbocycles. The van der Waals surface area contributed by atoms with Gasteiger partial charge < -0.3 is 35.5 Å². The Kier molecular flexibility index (Phi) is 19.3. The summed E-state index contributed by atoms with van der Waals surface area (Å²) in [7, 11) is 3.98. The van der Waals surface area contributed by atoms with Gasteiger partial charge in [0.2, 0.25) is 5.91 Å². The van der Waals surface area contributed by atoms with E-state index in [1.807, 2.05) is 115 Å². The van der Waals surface area contributed by atoms with Gasteiger partial charge in [0.15, 0.2) is 10.3 Å². The fourth-order valence-electron chi connectivity index (χ4n) is 8.74. The number of aryl methyl sites for hydroxylation is 2. The van der Waals surface area contributed by atoms with Gasteiger partial charge in [-0.15, -0.1) is 0 Å². The standard InChI is InChI=1S/C26H31N3O2S.C18H22N2O2S.C8H11NO/c1-29-16-15-27-26(29)32-18-19-11-13-22(14-12-19)24(21-9-5-6-10-21)25(31)28-23(17-30)20-7-3-2-4-8-20;1-20-11-10-19-18(20)23-12-13-6-8-15(9-7-13)16(17(21)22)14-4-2-3-5-14;9-8(6-10)7-4-2-1-3-5-7/h2-4,7-8,11-16,21,23-24,30H,5-6,9-10,17-18H2,1H3,(H,28,31);6-11,14,16H,2-5,12H2,1H3,(H,21,22);1-5,8,10H,6,9H2/t23-,24?;;8-/m0.0/s1. The van der Waals surface area contributed by atoms with Crippen LogP contribution in [0.3, 0.4) is 0 Å². The maximum Gasteiger partial charge on any atom is 0.311 e. The number of aromatic nitrogens is 4. The van der Waals surface area contributed by atoms with Gasteiger partial charge in [0.25, 0.3) is 0 Å². The lowest BCUT2D eigenvalue weighted by Gasteiger charge is -2.26. The Hall–Kier alpha value is -5.18. The number of carboxylic acid groups (broad SMARTS) is 1. The molecule has 0 radical (unpaired) electrons. The molecule has 8 rings (SSSR count). The van der Waals surface area contributed by atoms with Gasteiger partial charge in [-0.2, -0.15) is 0 Å². The van der Waals surface area contributed by atoms with Crippen LogP contribution in [0.4, 0.5) is 0 Å². The third kappa shape index (κ3) is 14.4. The van der Waals surface area contributed by atoms with Gasteiger partial charge in [-0.25, -0.2) is 9.97 Å². The predicted molar refractivity (Wildman–Crippen MR) is 260 cm³/mol. The fraction of sp³-hybridized carbons (Fsp3) is 0.385. The third-order valence-electron chi connectivity index (χ3n) is 12.4. The van der Waals surface area contributed by atoms with Gasteiger partial charge in [-0.1, -0.05) is 158 Å². The molecule has 0 spiro atoms. The highest BCUT2D eigenvalue weighted by Gasteiger charge is 2.34. The molecule has 0 aliphatic heterocycles. The lowest BCUT2D eigenvalue weighted by atomic mass is 9.83. The zero-order valence-corrected chi connectivity index (χ0v) is 39.1. The minimum Gasteiger partial charge on any atom is -0.481 e. The molecule has 4 atom stereocenters. The topological polar surface area (TPSA) is 169 Å². The number of carbonyl (C=O) groups is 2. The summed E-state index contributed by atoms with van der Waals surface area (Å²) >= 11 is 3.39. The summed E-state index contributed by atoms with van der Waals surface area (Å²) in [6.45, 7) is -0.111. The van der Waals surface area contributed by atoms with Crippen LogP contribution >= 0.6 is 23.5 Å². The number of nitrogens with two attached hydrogens (primary N) is 1. The molecule has 13 heteroatoms. The number of carbonyl (C=O) groups excluding carboxylic acids is 1. The summed E-state index contributed by atoms with van der Waals surface area (Å²) in [4.78, 5) is 33.8. The first-order chi connectivity index (χ1) is 31.6. The monoisotopic (exact) mass is 916 g/mol. The SMILES string of the molecule is Cn1ccnc1SCc1ccc(C(C(=O)N[C@@H](CO)c2ccccc2)C2CCCC2)cc1.Cn1ccnc1SCc1ccc(C(C(=O)O)C2CCCC2)cc1.N[C@@H](CO)c1ccccc1. The van der Waals surface area contributed by atoms with Gasteiger partial charge in [0, 0.05) is 50.4 Å². The summed E-state index contributed by atoms with van der Waals surface area (Å²) in [6, 6.07) is 35.2. The van der Waals surface area contributed by atoms with Crippen molar-refractivity contribution in [3.05, 3.63) is 167 Å². The second-order valence-electron chi connectivity index (χ2n) is 16.9. The van der Waals surface area contributed by atoms with Crippen molar-refractivity contribution in [2.24, 2.45) is 31.7 Å². The van der Waals surface area contributed by atoms with Crippen molar-refractivity contribution >= 4 is 35.4 Å². The minimum absolute atomic E-state index is 0.00398. The van der Waals surface area contributed by atoms with Gasteiger partial charge in [-0.3, -0.25) is 9.59 Å². The molecule has 2 unspecified atom stereocenters. The summed E-state index contributed by atoms with van der Waals surface area (Å²) < 4.78 is 4.02. The van der Waals surface area contributed by atoms with E-state index in [0.29, 0.717) is 11.8 Å². The highest BCUT2D eigenvalue weighted by atomic mass is 32.2. The second-order valence-corrected chi connectivity index (χ2v) is 18.8. The molecule has 6 aromatic rings. The average Bonchev–Trinajstić information content (AvgIpc) is 4.20. The second kappa shape index (κ2) is 25.5. The molecule has 2 heterocycles. The molecule has 0 bridgehead atoms. The molecule has 1 amide bonds. The summed E-state index contributed by atoms with van der Waals surface area (Å²) in [5, 5.41) is 33.3. The van der Waals surface area contributed by atoms with Crippen LogP contribution in [0, 0.1) is 11.8 Å². The van der Waals surface area contributed by atoms with Crippen LogP contribution in [0.1, 0.15) is 109 Å². The Morgan fingerprint density at radius 2 is 1.06 bits per heavy atom. The number of nitrogens with one attached hydrogen (secondary N) is 1. The molecule has 2 aromatic heterocycles. The predicted octanol–water partition coefficient (Wildman–Crippen LogP) is 9.59. The molecule has 2 fully saturated rings. The first kappa shape index (κ1) is 49.3. The van der Waals surface area contributed by atoms with Gasteiger partial charge >= 0.3 is 5.97 Å².